The molecule has 1 aromatic carbocycles. The molecule has 1 aliphatic rings. The summed E-state index contributed by atoms with van der Waals surface area (Å²) in [5.74, 6) is -0.521. The van der Waals surface area contributed by atoms with Crippen LogP contribution in [0.25, 0.3) is 0 Å². The van der Waals surface area contributed by atoms with Crippen molar-refractivity contribution in [2.24, 2.45) is 5.41 Å². The van der Waals surface area contributed by atoms with Crippen LogP contribution in [0.4, 0.5) is 0 Å². The van der Waals surface area contributed by atoms with Gasteiger partial charge in [-0.1, -0.05) is 17.7 Å². The summed E-state index contributed by atoms with van der Waals surface area (Å²) in [6.45, 7) is 1.40. The molecule has 1 atom stereocenters. The van der Waals surface area contributed by atoms with Gasteiger partial charge in [0.2, 0.25) is 0 Å². The molecule has 2 rings (SSSR count). The van der Waals surface area contributed by atoms with Gasteiger partial charge in [-0.25, -0.2) is 0 Å². The topological polar surface area (TPSA) is 51.2 Å². The van der Waals surface area contributed by atoms with Gasteiger partial charge in [0, 0.05) is 17.0 Å². The molecule has 1 aliphatic carbocycles. The van der Waals surface area contributed by atoms with Gasteiger partial charge in [-0.2, -0.15) is 0 Å². The molecule has 0 amide bonds. The first-order chi connectivity index (χ1) is 9.45. The van der Waals surface area contributed by atoms with Crippen LogP contribution in [0.3, 0.4) is 0 Å². The van der Waals surface area contributed by atoms with Crippen LogP contribution in [0.2, 0.25) is 5.02 Å². The fourth-order valence-corrected chi connectivity index (χ4v) is 2.61. The Morgan fingerprint density at radius 3 is 2.40 bits per heavy atom. The minimum Gasteiger partial charge on any atom is -0.299 e. The van der Waals surface area contributed by atoms with Crippen LogP contribution >= 0.6 is 11.6 Å². The van der Waals surface area contributed by atoms with E-state index in [1.807, 2.05) is 0 Å². The molecule has 4 heteroatoms. The number of benzene rings is 1. The first-order valence-corrected chi connectivity index (χ1v) is 6.87. The molecule has 1 saturated carbocycles. The summed E-state index contributed by atoms with van der Waals surface area (Å²) in [4.78, 5) is 35.7. The number of rotatable bonds is 4. The minimum atomic E-state index is -1.10. The molecule has 0 N–H and O–H groups in total. The Morgan fingerprint density at radius 1 is 1.25 bits per heavy atom. The van der Waals surface area contributed by atoms with Gasteiger partial charge < -0.3 is 0 Å². The summed E-state index contributed by atoms with van der Waals surface area (Å²) >= 11 is 5.76. The highest BCUT2D eigenvalue weighted by Crippen LogP contribution is 2.37. The highest BCUT2D eigenvalue weighted by atomic mass is 35.5. The van der Waals surface area contributed by atoms with Crippen molar-refractivity contribution >= 4 is 29.0 Å². The van der Waals surface area contributed by atoms with E-state index in [0.717, 1.165) is 0 Å². The Kier molecular flexibility index (Phi) is 4.19. The predicted octanol–water partition coefficient (Wildman–Crippen LogP) is 3.41. The second-order valence-electron chi connectivity index (χ2n) is 5.01. The fraction of sp³-hybridized carbons (Fsp3) is 0.312. The monoisotopic (exact) mass is 290 g/mol. The number of Topliss-reactive ketones (excluding diaryl/α,β-unsaturated/α-hetero) is 2. The van der Waals surface area contributed by atoms with Crippen molar-refractivity contribution < 1.29 is 14.4 Å². The van der Waals surface area contributed by atoms with Crippen molar-refractivity contribution in [1.82, 2.24) is 0 Å². The van der Waals surface area contributed by atoms with Gasteiger partial charge in [-0.3, -0.25) is 14.4 Å². The van der Waals surface area contributed by atoms with E-state index in [1.54, 1.807) is 24.3 Å². The van der Waals surface area contributed by atoms with Crippen LogP contribution < -0.4 is 0 Å². The zero-order chi connectivity index (χ0) is 14.8. The standard InChI is InChI=1S/C16H15ClO3/c1-11(18)16(9-2-3-15(16)20)10-8-14(19)12-4-6-13(17)7-5-12/h4-8,10H,2-3,9H2,1H3/b10-8-/t16-/m0/s1. The lowest BCUT2D eigenvalue weighted by molar-refractivity contribution is -0.134. The highest BCUT2D eigenvalue weighted by Gasteiger charge is 2.43. The Balaban J connectivity index is 2.23. The van der Waals surface area contributed by atoms with Gasteiger partial charge >= 0.3 is 0 Å². The van der Waals surface area contributed by atoms with Crippen molar-refractivity contribution in [1.29, 1.82) is 0 Å². The summed E-state index contributed by atoms with van der Waals surface area (Å²) in [5.41, 5.74) is -0.614. The second kappa shape index (κ2) is 5.71. The predicted molar refractivity (Wildman–Crippen MR) is 76.9 cm³/mol. The second-order valence-corrected chi connectivity index (χ2v) is 5.45. The summed E-state index contributed by atoms with van der Waals surface area (Å²) in [5, 5.41) is 0.553. The number of halogens is 1. The molecule has 0 aliphatic heterocycles. The summed E-state index contributed by atoms with van der Waals surface area (Å²) in [6, 6.07) is 6.49. The van der Waals surface area contributed by atoms with E-state index in [-0.39, 0.29) is 17.3 Å². The number of hydrogen-bond donors (Lipinski definition) is 0. The largest absolute Gasteiger partial charge is 0.299 e. The van der Waals surface area contributed by atoms with Crippen molar-refractivity contribution in [3.8, 4) is 0 Å². The molecule has 0 heterocycles. The molecule has 20 heavy (non-hydrogen) atoms. The molecule has 104 valence electrons. The Morgan fingerprint density at radius 2 is 1.90 bits per heavy atom. The molecule has 0 bridgehead atoms. The van der Waals surface area contributed by atoms with Gasteiger partial charge in [0.25, 0.3) is 0 Å². The summed E-state index contributed by atoms with van der Waals surface area (Å²) in [6.07, 6.45) is 4.39. The van der Waals surface area contributed by atoms with Crippen molar-refractivity contribution in [3.63, 3.8) is 0 Å². The zero-order valence-electron chi connectivity index (χ0n) is 11.2. The lowest BCUT2D eigenvalue weighted by atomic mass is 9.80. The zero-order valence-corrected chi connectivity index (χ0v) is 11.9. The maximum atomic E-state index is 12.0. The van der Waals surface area contributed by atoms with Crippen LogP contribution in [-0.4, -0.2) is 17.3 Å². The first-order valence-electron chi connectivity index (χ1n) is 6.49. The quantitative estimate of drug-likeness (QED) is 0.485. The third kappa shape index (κ3) is 2.73. The molecule has 0 saturated heterocycles. The number of carbonyl (C=O) groups excluding carboxylic acids is 3. The van der Waals surface area contributed by atoms with Gasteiger partial charge in [0.1, 0.15) is 17.0 Å². The molecule has 1 aromatic rings. The maximum absolute atomic E-state index is 12.0. The van der Waals surface area contributed by atoms with Gasteiger partial charge in [0.15, 0.2) is 5.78 Å². The SMILES string of the molecule is CC(=O)[C@@]1(/C=C\C(=O)c2ccc(Cl)cc2)CCCC1=O. The van der Waals surface area contributed by atoms with E-state index in [2.05, 4.69) is 0 Å². The van der Waals surface area contributed by atoms with Crippen molar-refractivity contribution in [3.05, 3.63) is 47.0 Å². The molecule has 3 nitrogen and oxygen atoms in total. The Hall–Kier alpha value is -1.74. The average Bonchev–Trinajstić information content (AvgIpc) is 2.79. The highest BCUT2D eigenvalue weighted by molar-refractivity contribution is 6.30. The normalized spacial score (nSPS) is 22.4. The van der Waals surface area contributed by atoms with Gasteiger partial charge in [-0.05, 0) is 50.1 Å². The van der Waals surface area contributed by atoms with E-state index in [1.165, 1.54) is 19.1 Å². The Bertz CT molecular complexity index is 586. The lowest BCUT2D eigenvalue weighted by Crippen LogP contribution is -2.31. The summed E-state index contributed by atoms with van der Waals surface area (Å²) in [7, 11) is 0. The van der Waals surface area contributed by atoms with Gasteiger partial charge in [-0.15, -0.1) is 0 Å². The third-order valence-corrected chi connectivity index (χ3v) is 4.00. The fourth-order valence-electron chi connectivity index (χ4n) is 2.48. The molecule has 0 spiro atoms. The first kappa shape index (κ1) is 14.7. The van der Waals surface area contributed by atoms with E-state index >= 15 is 0 Å². The lowest BCUT2D eigenvalue weighted by Gasteiger charge is -2.19. The van der Waals surface area contributed by atoms with Crippen LogP contribution in [0, 0.1) is 5.41 Å². The molecule has 0 unspecified atom stereocenters. The molecule has 0 radical (unpaired) electrons. The van der Waals surface area contributed by atoms with Gasteiger partial charge in [0.05, 0.1) is 0 Å². The summed E-state index contributed by atoms with van der Waals surface area (Å²) < 4.78 is 0. The minimum absolute atomic E-state index is 0.0924. The van der Waals surface area contributed by atoms with Crippen LogP contribution in [0.1, 0.15) is 36.5 Å². The van der Waals surface area contributed by atoms with Crippen molar-refractivity contribution in [2.75, 3.05) is 0 Å². The number of carbonyl (C=O) groups is 3. The number of ketones is 3. The van der Waals surface area contributed by atoms with E-state index in [0.29, 0.717) is 29.8 Å². The molecular formula is C16H15ClO3. The average molecular weight is 291 g/mol. The smallest absolute Gasteiger partial charge is 0.185 e. The van der Waals surface area contributed by atoms with E-state index in [4.69, 9.17) is 11.6 Å². The number of hydrogen-bond acceptors (Lipinski definition) is 3. The van der Waals surface area contributed by atoms with Crippen molar-refractivity contribution in [2.45, 2.75) is 26.2 Å². The number of allylic oxidation sites excluding steroid dienone is 2. The van der Waals surface area contributed by atoms with E-state index < -0.39 is 5.41 Å². The molecule has 1 fully saturated rings. The molecular weight excluding hydrogens is 276 g/mol. The maximum Gasteiger partial charge on any atom is 0.185 e. The Labute approximate surface area is 122 Å². The third-order valence-electron chi connectivity index (χ3n) is 3.75. The van der Waals surface area contributed by atoms with Crippen LogP contribution in [0.15, 0.2) is 36.4 Å². The van der Waals surface area contributed by atoms with E-state index in [9.17, 15) is 14.4 Å². The molecule has 0 aromatic heterocycles. The van der Waals surface area contributed by atoms with Crippen LogP contribution in [0.5, 0.6) is 0 Å². The van der Waals surface area contributed by atoms with Crippen LogP contribution in [-0.2, 0) is 9.59 Å².